The fourth-order valence-corrected chi connectivity index (χ4v) is 4.18. The van der Waals surface area contributed by atoms with Crippen molar-refractivity contribution in [3.05, 3.63) is 122 Å². The van der Waals surface area contributed by atoms with Crippen LogP contribution in [0.4, 0.5) is 11.4 Å². The second-order valence-corrected chi connectivity index (χ2v) is 8.55. The summed E-state index contributed by atoms with van der Waals surface area (Å²) in [5, 5.41) is 6.93. The first kappa shape index (κ1) is 28.6. The van der Waals surface area contributed by atoms with E-state index in [0.29, 0.717) is 30.8 Å². The predicted molar refractivity (Wildman–Crippen MR) is 162 cm³/mol. The first-order chi connectivity index (χ1) is 19.0. The summed E-state index contributed by atoms with van der Waals surface area (Å²) in [4.78, 5) is 25.7. The van der Waals surface area contributed by atoms with Crippen LogP contribution in [0, 0.1) is 0 Å². The van der Waals surface area contributed by atoms with Crippen molar-refractivity contribution in [2.24, 2.45) is 11.7 Å². The van der Waals surface area contributed by atoms with Crippen LogP contribution in [0.3, 0.4) is 0 Å². The van der Waals surface area contributed by atoms with Crippen LogP contribution in [0.25, 0.3) is 21.5 Å². The zero-order chi connectivity index (χ0) is 28.2. The van der Waals surface area contributed by atoms with E-state index in [1.54, 1.807) is 18.2 Å². The number of anilines is 2. The predicted octanol–water partition coefficient (Wildman–Crippen LogP) is 4.66. The van der Waals surface area contributed by atoms with Crippen molar-refractivity contribution in [3.63, 3.8) is 0 Å². The molecule has 0 radical (unpaired) electrons. The molecule has 4 aromatic carbocycles. The Morgan fingerprint density at radius 1 is 0.718 bits per heavy atom. The van der Waals surface area contributed by atoms with Gasteiger partial charge in [-0.1, -0.05) is 54.6 Å². The summed E-state index contributed by atoms with van der Waals surface area (Å²) in [6.07, 6.45) is 5.46. The zero-order valence-electron chi connectivity index (χ0n) is 21.8. The van der Waals surface area contributed by atoms with Gasteiger partial charge in [0.05, 0.1) is 0 Å². The van der Waals surface area contributed by atoms with Crippen LogP contribution in [0.1, 0.15) is 20.7 Å². The molecular formula is C31H34N6O2. The summed E-state index contributed by atoms with van der Waals surface area (Å²) < 4.78 is 0. The molecule has 2 amide bonds. The highest BCUT2D eigenvalue weighted by atomic mass is 16.2. The first-order valence-corrected chi connectivity index (χ1v) is 12.4. The number of nitrogens with two attached hydrogens (primary N) is 2. The molecule has 8 heteroatoms. The van der Waals surface area contributed by atoms with E-state index in [0.717, 1.165) is 32.9 Å². The Balaban J connectivity index is 0.000000218. The van der Waals surface area contributed by atoms with Crippen LogP contribution in [-0.2, 0) is 0 Å². The molecule has 8 nitrogen and oxygen atoms in total. The molecule has 0 saturated heterocycles. The Kier molecular flexibility index (Phi) is 10.4. The number of hydrogen-bond acceptors (Lipinski definition) is 6. The molecule has 0 heterocycles. The highest BCUT2D eigenvalue weighted by Gasteiger charge is 2.11. The van der Waals surface area contributed by atoms with Crippen molar-refractivity contribution in [2.75, 3.05) is 29.9 Å². The van der Waals surface area contributed by atoms with Gasteiger partial charge in [-0.05, 0) is 57.9 Å². The van der Waals surface area contributed by atoms with Crippen molar-refractivity contribution in [1.29, 1.82) is 0 Å². The number of amides is 2. The van der Waals surface area contributed by atoms with E-state index < -0.39 is 0 Å². The second-order valence-electron chi connectivity index (χ2n) is 8.55. The van der Waals surface area contributed by atoms with Gasteiger partial charge >= 0.3 is 0 Å². The van der Waals surface area contributed by atoms with Crippen molar-refractivity contribution in [2.45, 2.75) is 0 Å². The Labute approximate surface area is 228 Å². The number of benzene rings is 4. The summed E-state index contributed by atoms with van der Waals surface area (Å²) in [6, 6.07) is 23.0. The Hall–Kier alpha value is -4.92. The Morgan fingerprint density at radius 3 is 1.77 bits per heavy atom. The highest BCUT2D eigenvalue weighted by molar-refractivity contribution is 6.08. The van der Waals surface area contributed by atoms with Gasteiger partial charge in [-0.25, -0.2) is 11.7 Å². The van der Waals surface area contributed by atoms with Gasteiger partial charge < -0.3 is 10.2 Å². The van der Waals surface area contributed by atoms with Gasteiger partial charge in [0.1, 0.15) is 0 Å². The smallest absolute Gasteiger partial charge is 0.265 e. The monoisotopic (exact) mass is 522 g/mol. The Morgan fingerprint density at radius 2 is 1.26 bits per heavy atom. The van der Waals surface area contributed by atoms with E-state index in [4.69, 9.17) is 11.7 Å². The molecular weight excluding hydrogens is 488 g/mol. The third kappa shape index (κ3) is 7.10. The van der Waals surface area contributed by atoms with Crippen LogP contribution in [0.15, 0.2) is 111 Å². The normalized spacial score (nSPS) is 10.1. The highest BCUT2D eigenvalue weighted by Crippen LogP contribution is 2.26. The maximum atomic E-state index is 11.9. The zero-order valence-corrected chi connectivity index (χ0v) is 21.8. The van der Waals surface area contributed by atoms with Gasteiger partial charge in [-0.2, -0.15) is 0 Å². The third-order valence-electron chi connectivity index (χ3n) is 6.01. The average molecular weight is 523 g/mol. The van der Waals surface area contributed by atoms with Crippen molar-refractivity contribution < 1.29 is 9.59 Å². The number of nitrogen functional groups attached to an aromatic ring is 2. The molecule has 39 heavy (non-hydrogen) atoms. The van der Waals surface area contributed by atoms with E-state index in [-0.39, 0.29) is 11.8 Å². The van der Waals surface area contributed by atoms with Crippen LogP contribution in [0.5, 0.6) is 0 Å². The number of nitrogens with one attached hydrogen (secondary N) is 3. The number of fused-ring (bicyclic) bond motifs is 2. The largest absolute Gasteiger partial charge is 0.382 e. The summed E-state index contributed by atoms with van der Waals surface area (Å²) in [5.41, 5.74) is 7.44. The number of nitrogens with zero attached hydrogens (tertiary/aromatic N) is 1. The van der Waals surface area contributed by atoms with Crippen molar-refractivity contribution in [1.82, 2.24) is 10.9 Å². The van der Waals surface area contributed by atoms with Gasteiger partial charge in [-0.15, -0.1) is 19.7 Å². The van der Waals surface area contributed by atoms with Crippen molar-refractivity contribution in [3.8, 4) is 0 Å². The molecule has 0 unspecified atom stereocenters. The van der Waals surface area contributed by atoms with Crippen LogP contribution in [-0.4, -0.2) is 31.4 Å². The van der Waals surface area contributed by atoms with Gasteiger partial charge in [0.2, 0.25) is 0 Å². The van der Waals surface area contributed by atoms with Gasteiger partial charge in [0, 0.05) is 42.1 Å². The number of hydrogen-bond donors (Lipinski definition) is 5. The lowest BCUT2D eigenvalue weighted by atomic mass is 10.0. The molecule has 0 bridgehead atoms. The van der Waals surface area contributed by atoms with E-state index in [2.05, 4.69) is 40.8 Å². The number of hydrazine groups is 2. The number of carbonyl (C=O) groups excluding carboxylic acids is 2. The molecule has 200 valence electrons. The molecule has 0 spiro atoms. The number of carbonyl (C=O) groups is 2. The van der Waals surface area contributed by atoms with E-state index in [1.807, 2.05) is 72.8 Å². The number of rotatable bonds is 10. The molecule has 0 fully saturated rings. The summed E-state index contributed by atoms with van der Waals surface area (Å²) >= 11 is 0. The lowest BCUT2D eigenvalue weighted by molar-refractivity contribution is 0.0947. The van der Waals surface area contributed by atoms with Crippen LogP contribution >= 0.6 is 0 Å². The molecule has 0 aliphatic heterocycles. The minimum Gasteiger partial charge on any atom is -0.382 e. The Bertz CT molecular complexity index is 1490. The molecule has 7 N–H and O–H groups in total. The molecule has 0 aromatic heterocycles. The third-order valence-corrected chi connectivity index (χ3v) is 6.01. The fraction of sp³-hybridized carbons (Fsp3) is 0.0968. The van der Waals surface area contributed by atoms with Gasteiger partial charge in [0.15, 0.2) is 0 Å². The molecule has 0 aliphatic rings. The minimum absolute atomic E-state index is 0.290. The second kappa shape index (κ2) is 14.1. The van der Waals surface area contributed by atoms with Crippen LogP contribution in [0.2, 0.25) is 0 Å². The standard InChI is InChI=1S/C17H19N3O.C14H15N3O/c1-3-10-20(11-4-2)14-9-8-13-6-5-7-15(16(13)12-14)17(21)19-18;1-2-8-16-11-7-6-10-4-3-5-12(13(10)9-11)14(18)17-15/h3-9,12H,1-2,10-11,18H2,(H,19,21);2-7,9,16H,1,8,15H2,(H,17,18). The van der Waals surface area contributed by atoms with Crippen molar-refractivity contribution >= 4 is 44.7 Å². The molecule has 0 aliphatic carbocycles. The van der Waals surface area contributed by atoms with Gasteiger partial charge in [-0.3, -0.25) is 20.4 Å². The maximum Gasteiger partial charge on any atom is 0.265 e. The lowest BCUT2D eigenvalue weighted by Crippen LogP contribution is -2.30. The van der Waals surface area contributed by atoms with Gasteiger partial charge in [0.25, 0.3) is 11.8 Å². The topological polar surface area (TPSA) is 126 Å². The lowest BCUT2D eigenvalue weighted by Gasteiger charge is -2.22. The van der Waals surface area contributed by atoms with E-state index >= 15 is 0 Å². The SMILES string of the molecule is C=CCN(CC=C)c1ccc2cccc(C(=O)NN)c2c1.C=CCNc1ccc2cccc(C(=O)NN)c2c1. The summed E-state index contributed by atoms with van der Waals surface area (Å²) in [5.74, 6) is 9.85. The van der Waals surface area contributed by atoms with E-state index in [1.165, 1.54) is 0 Å². The molecule has 4 aromatic rings. The fourth-order valence-electron chi connectivity index (χ4n) is 4.18. The molecule has 0 saturated carbocycles. The minimum atomic E-state index is -0.295. The molecule has 4 rings (SSSR count). The summed E-state index contributed by atoms with van der Waals surface area (Å²) in [7, 11) is 0. The molecule has 0 atom stereocenters. The summed E-state index contributed by atoms with van der Waals surface area (Å²) in [6.45, 7) is 13.3. The average Bonchev–Trinajstić information content (AvgIpc) is 2.98. The maximum absolute atomic E-state index is 11.9. The quantitative estimate of drug-likeness (QED) is 0.0893. The first-order valence-electron chi connectivity index (χ1n) is 12.4. The van der Waals surface area contributed by atoms with E-state index in [9.17, 15) is 9.59 Å². The van der Waals surface area contributed by atoms with Crippen LogP contribution < -0.4 is 32.8 Å².